The van der Waals surface area contributed by atoms with E-state index in [0.717, 1.165) is 55.7 Å². The van der Waals surface area contributed by atoms with Gasteiger partial charge in [-0.1, -0.05) is 0 Å². The zero-order valence-corrected chi connectivity index (χ0v) is 16.5. The van der Waals surface area contributed by atoms with Gasteiger partial charge in [0.1, 0.15) is 5.82 Å². The van der Waals surface area contributed by atoms with E-state index in [-0.39, 0.29) is 11.3 Å². The fraction of sp³-hybridized carbons (Fsp3) is 0.524. The normalized spacial score (nSPS) is 29.7. The number of phenols is 1. The van der Waals surface area contributed by atoms with Crippen molar-refractivity contribution in [3.63, 3.8) is 0 Å². The van der Waals surface area contributed by atoms with E-state index in [9.17, 15) is 13.9 Å². The quantitative estimate of drug-likeness (QED) is 0.703. The summed E-state index contributed by atoms with van der Waals surface area (Å²) in [4.78, 5) is 4.88. The molecule has 3 aliphatic heterocycles. The van der Waals surface area contributed by atoms with Gasteiger partial charge in [0.2, 0.25) is 0 Å². The highest BCUT2D eigenvalue weighted by atomic mass is 19.1. The largest absolute Gasteiger partial charge is 0.504 e. The van der Waals surface area contributed by atoms with Crippen molar-refractivity contribution < 1.29 is 13.9 Å². The third-order valence-electron chi connectivity index (χ3n) is 7.20. The van der Waals surface area contributed by atoms with Crippen LogP contribution in [-0.2, 0) is 0 Å². The number of phenolic OH excluding ortho intramolecular Hbond substituents is 1. The lowest BCUT2D eigenvalue weighted by Gasteiger charge is -2.46. The highest BCUT2D eigenvalue weighted by Gasteiger charge is 2.53. The molecule has 1 aromatic carbocycles. The summed E-state index contributed by atoms with van der Waals surface area (Å²) in [5.74, 6) is 0.863. The number of piperidine rings is 1. The van der Waals surface area contributed by atoms with Crippen LogP contribution in [0, 0.1) is 29.4 Å². The number of hydrogen-bond donors (Lipinski definition) is 3. The van der Waals surface area contributed by atoms with Crippen molar-refractivity contribution in [3.8, 4) is 17.0 Å². The Labute approximate surface area is 173 Å². The Morgan fingerprint density at radius 2 is 1.90 bits per heavy atom. The van der Waals surface area contributed by atoms with Crippen LogP contribution in [0.1, 0.15) is 0 Å². The monoisotopic (exact) mass is 414 g/mol. The summed E-state index contributed by atoms with van der Waals surface area (Å²) in [6.45, 7) is 7.13. The van der Waals surface area contributed by atoms with Gasteiger partial charge in [0.15, 0.2) is 17.4 Å². The molecule has 3 fully saturated rings. The molecular formula is C21H24F2N6O. The first-order valence-corrected chi connectivity index (χ1v) is 10.6. The van der Waals surface area contributed by atoms with Gasteiger partial charge in [-0.05, 0) is 43.0 Å². The number of hydrogen-bond acceptors (Lipinski definition) is 7. The zero-order valence-electron chi connectivity index (χ0n) is 16.5. The number of nitrogens with zero attached hydrogens (tertiary/aromatic N) is 4. The van der Waals surface area contributed by atoms with E-state index < -0.39 is 17.4 Å². The van der Waals surface area contributed by atoms with Crippen LogP contribution < -0.4 is 15.5 Å². The average Bonchev–Trinajstić information content (AvgIpc) is 3.16. The molecule has 0 radical (unpaired) electrons. The molecule has 0 bridgehead atoms. The first-order chi connectivity index (χ1) is 14.6. The fourth-order valence-electron chi connectivity index (χ4n) is 5.53. The minimum Gasteiger partial charge on any atom is -0.504 e. The van der Waals surface area contributed by atoms with Crippen molar-refractivity contribution in [2.45, 2.75) is 6.04 Å². The summed E-state index contributed by atoms with van der Waals surface area (Å²) in [7, 11) is 0. The van der Waals surface area contributed by atoms with Crippen molar-refractivity contribution in [2.75, 3.05) is 56.0 Å². The summed E-state index contributed by atoms with van der Waals surface area (Å²) in [6, 6.07) is 3.81. The maximum atomic E-state index is 13.8. The smallest absolute Gasteiger partial charge is 0.172 e. The second-order valence-corrected chi connectivity index (χ2v) is 8.88. The Balaban J connectivity index is 1.23. The van der Waals surface area contributed by atoms with Gasteiger partial charge in [-0.15, -0.1) is 10.2 Å². The number of benzene rings is 1. The van der Waals surface area contributed by atoms with Gasteiger partial charge in [-0.3, -0.25) is 4.90 Å². The average molecular weight is 414 g/mol. The van der Waals surface area contributed by atoms with Gasteiger partial charge in [0, 0.05) is 44.4 Å². The van der Waals surface area contributed by atoms with Crippen LogP contribution >= 0.6 is 0 Å². The standard InChI is InChI=1S/C21H24F2N6O/c22-11-3-13(20(30)17(23)4-11)18-5-19-21(27-26-18)25-6-12-9-28(1-2-29(12)19)10-16-14-7-24-8-15(14)16/h3-5,12,14-16,24,30H,1-2,6-10H2,(H,25,27)/t12-,14-,15+,16?/m0/s1. The molecule has 1 saturated carbocycles. The topological polar surface area (TPSA) is 76.5 Å². The van der Waals surface area contributed by atoms with Crippen molar-refractivity contribution in [3.05, 3.63) is 29.8 Å². The molecule has 1 aromatic heterocycles. The van der Waals surface area contributed by atoms with E-state index in [2.05, 4.69) is 30.6 Å². The summed E-state index contributed by atoms with van der Waals surface area (Å²) >= 11 is 0. The Morgan fingerprint density at radius 1 is 1.07 bits per heavy atom. The van der Waals surface area contributed by atoms with Crippen molar-refractivity contribution in [1.29, 1.82) is 0 Å². The molecule has 30 heavy (non-hydrogen) atoms. The number of piperazine rings is 1. The van der Waals surface area contributed by atoms with Gasteiger partial charge in [0.25, 0.3) is 0 Å². The van der Waals surface area contributed by atoms with Crippen LogP contribution in [0.2, 0.25) is 0 Å². The molecule has 4 heterocycles. The summed E-state index contributed by atoms with van der Waals surface area (Å²) in [5.41, 5.74) is 1.14. The number of nitrogens with one attached hydrogen (secondary N) is 2. The second kappa shape index (κ2) is 6.75. The molecule has 6 rings (SSSR count). The van der Waals surface area contributed by atoms with E-state index in [1.54, 1.807) is 6.07 Å². The maximum absolute atomic E-state index is 13.8. The molecule has 0 spiro atoms. The fourth-order valence-corrected chi connectivity index (χ4v) is 5.53. The Hall–Kier alpha value is -2.52. The zero-order chi connectivity index (χ0) is 20.4. The predicted molar refractivity (Wildman–Crippen MR) is 108 cm³/mol. The van der Waals surface area contributed by atoms with Crippen LogP contribution in [0.5, 0.6) is 5.75 Å². The molecule has 4 aliphatic rings. The van der Waals surface area contributed by atoms with Gasteiger partial charge in [-0.2, -0.15) is 0 Å². The maximum Gasteiger partial charge on any atom is 0.172 e. The highest BCUT2D eigenvalue weighted by Crippen LogP contribution is 2.49. The number of rotatable bonds is 3. The molecular weight excluding hydrogens is 390 g/mol. The summed E-state index contributed by atoms with van der Waals surface area (Å²) in [5, 5.41) is 25.2. The van der Waals surface area contributed by atoms with E-state index >= 15 is 0 Å². The minimum atomic E-state index is -1.01. The first-order valence-electron chi connectivity index (χ1n) is 10.6. The van der Waals surface area contributed by atoms with Gasteiger partial charge in [-0.25, -0.2) is 8.78 Å². The predicted octanol–water partition coefficient (Wildman–Crippen LogP) is 1.51. The number of fused-ring (bicyclic) bond motifs is 4. The van der Waals surface area contributed by atoms with E-state index in [1.807, 2.05) is 0 Å². The second-order valence-electron chi connectivity index (χ2n) is 8.88. The third kappa shape index (κ3) is 2.91. The minimum absolute atomic E-state index is 0.0115. The van der Waals surface area contributed by atoms with Crippen molar-refractivity contribution in [2.24, 2.45) is 17.8 Å². The molecule has 1 aliphatic carbocycles. The van der Waals surface area contributed by atoms with Gasteiger partial charge in [0.05, 0.1) is 17.4 Å². The molecule has 7 nitrogen and oxygen atoms in total. The lowest BCUT2D eigenvalue weighted by Crippen LogP contribution is -2.58. The highest BCUT2D eigenvalue weighted by molar-refractivity contribution is 5.76. The SMILES string of the molecule is Oc1c(F)cc(F)cc1-c1cc2c(nn1)NC[C@H]1CN(CC3[C@H]4CNC[C@@H]34)CCN21. The molecule has 2 saturated heterocycles. The van der Waals surface area contributed by atoms with E-state index in [1.165, 1.54) is 19.6 Å². The van der Waals surface area contributed by atoms with Crippen LogP contribution in [0.4, 0.5) is 20.3 Å². The summed E-state index contributed by atoms with van der Waals surface area (Å²) in [6.07, 6.45) is 0. The lowest BCUT2D eigenvalue weighted by molar-refractivity contribution is 0.208. The molecule has 4 atom stereocenters. The third-order valence-corrected chi connectivity index (χ3v) is 7.20. The van der Waals surface area contributed by atoms with Crippen LogP contribution in [-0.4, -0.2) is 72.1 Å². The number of anilines is 2. The number of aromatic hydroxyl groups is 1. The number of aromatic nitrogens is 2. The summed E-state index contributed by atoms with van der Waals surface area (Å²) < 4.78 is 27.5. The van der Waals surface area contributed by atoms with Crippen LogP contribution in [0.25, 0.3) is 11.3 Å². The molecule has 0 amide bonds. The first kappa shape index (κ1) is 18.3. The van der Waals surface area contributed by atoms with Crippen LogP contribution in [0.3, 0.4) is 0 Å². The molecule has 158 valence electrons. The molecule has 9 heteroatoms. The molecule has 3 N–H and O–H groups in total. The van der Waals surface area contributed by atoms with Crippen molar-refractivity contribution in [1.82, 2.24) is 20.4 Å². The van der Waals surface area contributed by atoms with Crippen LogP contribution in [0.15, 0.2) is 18.2 Å². The molecule has 1 unspecified atom stereocenters. The van der Waals surface area contributed by atoms with E-state index in [0.29, 0.717) is 17.9 Å². The Bertz CT molecular complexity index is 994. The van der Waals surface area contributed by atoms with Crippen molar-refractivity contribution >= 4 is 11.5 Å². The van der Waals surface area contributed by atoms with Gasteiger partial charge < -0.3 is 20.6 Å². The Kier molecular flexibility index (Phi) is 4.11. The van der Waals surface area contributed by atoms with Gasteiger partial charge >= 0.3 is 0 Å². The Morgan fingerprint density at radius 3 is 2.73 bits per heavy atom. The molecule has 2 aromatic rings. The van der Waals surface area contributed by atoms with E-state index in [4.69, 9.17) is 0 Å². The lowest BCUT2D eigenvalue weighted by atomic mass is 10.0. The number of halogens is 2.